The molecule has 0 aliphatic carbocycles. The summed E-state index contributed by atoms with van der Waals surface area (Å²) in [5, 5.41) is 0.188. The fourth-order valence-electron chi connectivity index (χ4n) is 2.54. The molecule has 0 saturated heterocycles. The Morgan fingerprint density at radius 3 is 2.44 bits per heavy atom. The van der Waals surface area contributed by atoms with E-state index in [4.69, 9.17) is 20.8 Å². The number of methoxy groups -OCH3 is 1. The first-order valence-corrected chi connectivity index (χ1v) is 9.64. The second kappa shape index (κ2) is 6.82. The van der Waals surface area contributed by atoms with Crippen LogP contribution in [0.4, 0.5) is 8.78 Å². The second-order valence-electron chi connectivity index (χ2n) is 5.58. The third kappa shape index (κ3) is 3.47. The predicted molar refractivity (Wildman–Crippen MR) is 94.3 cm³/mol. The summed E-state index contributed by atoms with van der Waals surface area (Å²) in [5.41, 5.74) is -0.239. The number of hydrogen-bond acceptors (Lipinski definition) is 5. The summed E-state index contributed by atoms with van der Waals surface area (Å²) in [5.74, 6) is -2.70. The number of aromatic nitrogens is 1. The maximum absolute atomic E-state index is 14.5. The van der Waals surface area contributed by atoms with Gasteiger partial charge in [-0.2, -0.15) is 0 Å². The molecule has 0 aliphatic heterocycles. The Balaban J connectivity index is 2.23. The van der Waals surface area contributed by atoms with Gasteiger partial charge in [0.1, 0.15) is 28.5 Å². The molecular formula is C17H12ClF2NO5S. The van der Waals surface area contributed by atoms with Crippen molar-refractivity contribution < 1.29 is 26.4 Å². The van der Waals surface area contributed by atoms with E-state index in [-0.39, 0.29) is 22.0 Å². The first-order chi connectivity index (χ1) is 12.6. The lowest BCUT2D eigenvalue weighted by Gasteiger charge is -2.10. The van der Waals surface area contributed by atoms with E-state index in [0.29, 0.717) is 17.9 Å². The van der Waals surface area contributed by atoms with Crippen molar-refractivity contribution in [2.75, 3.05) is 13.4 Å². The molecule has 27 heavy (non-hydrogen) atoms. The zero-order valence-electron chi connectivity index (χ0n) is 14.0. The van der Waals surface area contributed by atoms with Gasteiger partial charge in [0.25, 0.3) is 0 Å². The van der Waals surface area contributed by atoms with Crippen molar-refractivity contribution >= 4 is 21.4 Å². The average Bonchev–Trinajstić information content (AvgIpc) is 2.97. The SMILES string of the molecule is COc1ccc(-n2c(-c3cc(F)c(S(C)(=O)=O)cc3F)coc2=O)cc1Cl. The van der Waals surface area contributed by atoms with Crippen molar-refractivity contribution in [2.45, 2.75) is 4.90 Å². The summed E-state index contributed by atoms with van der Waals surface area (Å²) in [4.78, 5) is 11.3. The fraction of sp³-hybridized carbons (Fsp3) is 0.118. The van der Waals surface area contributed by atoms with E-state index in [1.165, 1.54) is 25.3 Å². The molecule has 0 spiro atoms. The number of hydrogen-bond donors (Lipinski definition) is 0. The van der Waals surface area contributed by atoms with Gasteiger partial charge < -0.3 is 9.15 Å². The molecule has 0 aliphatic rings. The Bertz CT molecular complexity index is 1200. The average molecular weight is 416 g/mol. The van der Waals surface area contributed by atoms with Gasteiger partial charge in [-0.3, -0.25) is 0 Å². The van der Waals surface area contributed by atoms with Gasteiger partial charge in [0.2, 0.25) is 0 Å². The summed E-state index contributed by atoms with van der Waals surface area (Å²) >= 11 is 6.05. The molecule has 3 aromatic rings. The van der Waals surface area contributed by atoms with Crippen molar-refractivity contribution in [1.29, 1.82) is 0 Å². The molecule has 0 unspecified atom stereocenters. The van der Waals surface area contributed by atoms with Crippen LogP contribution in [-0.4, -0.2) is 26.4 Å². The van der Waals surface area contributed by atoms with Crippen molar-refractivity contribution in [3.8, 4) is 22.7 Å². The van der Waals surface area contributed by atoms with Crippen molar-refractivity contribution in [3.05, 3.63) is 63.8 Å². The Morgan fingerprint density at radius 1 is 1.15 bits per heavy atom. The summed E-state index contributed by atoms with van der Waals surface area (Å²) in [7, 11) is -2.55. The fourth-order valence-corrected chi connectivity index (χ4v) is 3.52. The molecule has 0 amide bonds. The highest BCUT2D eigenvalue weighted by atomic mass is 35.5. The third-order valence-corrected chi connectivity index (χ3v) is 5.19. The molecule has 0 saturated carbocycles. The van der Waals surface area contributed by atoms with Gasteiger partial charge in [0.05, 0.1) is 23.5 Å². The molecule has 142 valence electrons. The van der Waals surface area contributed by atoms with Crippen LogP contribution in [0.3, 0.4) is 0 Å². The maximum atomic E-state index is 14.5. The van der Waals surface area contributed by atoms with Gasteiger partial charge >= 0.3 is 5.76 Å². The molecule has 6 nitrogen and oxygen atoms in total. The number of nitrogens with zero attached hydrogens (tertiary/aromatic N) is 1. The summed E-state index contributed by atoms with van der Waals surface area (Å²) in [6, 6.07) is 5.61. The van der Waals surface area contributed by atoms with Crippen LogP contribution >= 0.6 is 11.6 Å². The highest BCUT2D eigenvalue weighted by Gasteiger charge is 2.22. The van der Waals surface area contributed by atoms with Gasteiger partial charge in [-0.25, -0.2) is 26.6 Å². The highest BCUT2D eigenvalue weighted by molar-refractivity contribution is 7.90. The normalized spacial score (nSPS) is 11.6. The topological polar surface area (TPSA) is 78.5 Å². The van der Waals surface area contributed by atoms with Crippen LogP contribution in [0.1, 0.15) is 0 Å². The van der Waals surface area contributed by atoms with E-state index in [1.54, 1.807) is 0 Å². The van der Waals surface area contributed by atoms with E-state index in [1.807, 2.05) is 0 Å². The molecule has 0 bridgehead atoms. The van der Waals surface area contributed by atoms with Crippen LogP contribution in [-0.2, 0) is 9.84 Å². The number of halogens is 3. The van der Waals surface area contributed by atoms with Gasteiger partial charge in [-0.15, -0.1) is 0 Å². The van der Waals surface area contributed by atoms with Crippen LogP contribution in [0.25, 0.3) is 16.9 Å². The summed E-state index contributed by atoms with van der Waals surface area (Å²) < 4.78 is 62.6. The zero-order valence-corrected chi connectivity index (χ0v) is 15.6. The number of benzene rings is 2. The van der Waals surface area contributed by atoms with Gasteiger partial charge in [0.15, 0.2) is 9.84 Å². The number of ether oxygens (including phenoxy) is 1. The molecule has 3 rings (SSSR count). The van der Waals surface area contributed by atoms with Gasteiger partial charge in [0, 0.05) is 11.8 Å². The van der Waals surface area contributed by atoms with Crippen LogP contribution in [0, 0.1) is 11.6 Å². The number of oxazole rings is 1. The molecule has 1 aromatic heterocycles. The largest absolute Gasteiger partial charge is 0.495 e. The van der Waals surface area contributed by atoms with Gasteiger partial charge in [-0.1, -0.05) is 11.6 Å². The lowest BCUT2D eigenvalue weighted by Crippen LogP contribution is -2.14. The monoisotopic (exact) mass is 415 g/mol. The number of sulfone groups is 1. The van der Waals surface area contributed by atoms with Crippen LogP contribution in [0.5, 0.6) is 5.75 Å². The highest BCUT2D eigenvalue weighted by Crippen LogP contribution is 2.31. The second-order valence-corrected chi connectivity index (χ2v) is 7.97. The smallest absolute Gasteiger partial charge is 0.424 e. The lowest BCUT2D eigenvalue weighted by atomic mass is 10.1. The lowest BCUT2D eigenvalue weighted by molar-refractivity contribution is 0.415. The first kappa shape index (κ1) is 19.1. The van der Waals surface area contributed by atoms with Crippen LogP contribution < -0.4 is 10.5 Å². The first-order valence-electron chi connectivity index (χ1n) is 7.37. The van der Waals surface area contributed by atoms with E-state index >= 15 is 0 Å². The Morgan fingerprint density at radius 2 is 1.85 bits per heavy atom. The molecule has 0 N–H and O–H groups in total. The van der Waals surface area contributed by atoms with Crippen LogP contribution in [0.15, 0.2) is 50.7 Å². The maximum Gasteiger partial charge on any atom is 0.424 e. The van der Waals surface area contributed by atoms with Gasteiger partial charge in [-0.05, 0) is 30.3 Å². The molecule has 2 aromatic carbocycles. The molecule has 0 radical (unpaired) electrons. The van der Waals surface area contributed by atoms with E-state index in [0.717, 1.165) is 17.1 Å². The molecule has 10 heteroatoms. The van der Waals surface area contributed by atoms with Crippen molar-refractivity contribution in [3.63, 3.8) is 0 Å². The van der Waals surface area contributed by atoms with Crippen molar-refractivity contribution in [2.24, 2.45) is 0 Å². The van der Waals surface area contributed by atoms with Crippen LogP contribution in [0.2, 0.25) is 5.02 Å². The standard InChI is InChI=1S/C17H12ClF2NO5S/c1-25-15-4-3-9(5-11(15)18)21-14(8-26-17(21)22)10-6-13(20)16(7-12(10)19)27(2,23)24/h3-8H,1-2H3. The van der Waals surface area contributed by atoms with E-state index < -0.39 is 32.1 Å². The minimum atomic E-state index is -3.96. The van der Waals surface area contributed by atoms with Crippen molar-refractivity contribution in [1.82, 2.24) is 4.57 Å². The summed E-state index contributed by atoms with van der Waals surface area (Å²) in [6.45, 7) is 0. The molecule has 0 atom stereocenters. The summed E-state index contributed by atoms with van der Waals surface area (Å²) in [6.07, 6.45) is 1.70. The Labute approximate surface area is 157 Å². The van der Waals surface area contributed by atoms with E-state index in [2.05, 4.69) is 0 Å². The third-order valence-electron chi connectivity index (χ3n) is 3.79. The van der Waals surface area contributed by atoms with E-state index in [9.17, 15) is 22.0 Å². The number of rotatable bonds is 4. The molecule has 1 heterocycles. The minimum absolute atomic E-state index is 0.113. The Kier molecular flexibility index (Phi) is 4.83. The molecular weight excluding hydrogens is 404 g/mol. The molecule has 0 fully saturated rings. The zero-order chi connectivity index (χ0) is 19.9. The Hall–Kier alpha value is -2.65. The quantitative estimate of drug-likeness (QED) is 0.652. The minimum Gasteiger partial charge on any atom is -0.495 e. The predicted octanol–water partition coefficient (Wildman–Crippen LogP) is 3.44.